The highest BCUT2D eigenvalue weighted by Crippen LogP contribution is 2.34. The summed E-state index contributed by atoms with van der Waals surface area (Å²) in [5, 5.41) is 8.94. The van der Waals surface area contributed by atoms with Crippen molar-refractivity contribution in [1.29, 1.82) is 0 Å². The number of ether oxygens (including phenoxy) is 2. The van der Waals surface area contributed by atoms with Crippen molar-refractivity contribution in [3.63, 3.8) is 0 Å². The number of rotatable bonds is 6. The Morgan fingerprint density at radius 1 is 1.07 bits per heavy atom. The fourth-order valence-electron chi connectivity index (χ4n) is 3.27. The molecule has 0 saturated carbocycles. The molecule has 0 radical (unpaired) electrons. The number of nitrogens with zero attached hydrogens (tertiary/aromatic N) is 1. The number of amides is 1. The quantitative estimate of drug-likeness (QED) is 0.821. The van der Waals surface area contributed by atoms with E-state index >= 15 is 0 Å². The average Bonchev–Trinajstić information content (AvgIpc) is 2.67. The van der Waals surface area contributed by atoms with Gasteiger partial charge in [-0.2, -0.15) is 0 Å². The molecule has 1 amide bonds. The lowest BCUT2D eigenvalue weighted by Crippen LogP contribution is -2.36. The largest absolute Gasteiger partial charge is 0.490 e. The molecule has 0 fully saturated rings. The number of hydrogen-bond donors (Lipinski definition) is 1. The Bertz CT molecular complexity index is 912. The summed E-state index contributed by atoms with van der Waals surface area (Å²) < 4.78 is 25.6. The molecule has 0 saturated heterocycles. The predicted molar refractivity (Wildman–Crippen MR) is 101 cm³/mol. The molecule has 1 N–H and O–H groups in total. The van der Waals surface area contributed by atoms with Crippen LogP contribution in [0.3, 0.4) is 0 Å². The number of carbonyl (C=O) groups is 2. The molecular weight excluding hydrogens is 365 g/mol. The Kier molecular flexibility index (Phi) is 5.82. The molecule has 148 valence electrons. The summed E-state index contributed by atoms with van der Waals surface area (Å²) in [4.78, 5) is 25.3. The van der Waals surface area contributed by atoms with Gasteiger partial charge in [0, 0.05) is 13.1 Å². The monoisotopic (exact) mass is 387 g/mol. The second-order valence-corrected chi connectivity index (χ2v) is 6.41. The van der Waals surface area contributed by atoms with E-state index in [-0.39, 0.29) is 11.1 Å². The molecule has 1 aliphatic rings. The van der Waals surface area contributed by atoms with Gasteiger partial charge in [0.2, 0.25) is 0 Å². The molecule has 3 rings (SSSR count). The van der Waals surface area contributed by atoms with Gasteiger partial charge in [0.1, 0.15) is 5.82 Å². The highest BCUT2D eigenvalue weighted by Gasteiger charge is 2.26. The molecule has 0 spiro atoms. The number of carboxylic acids is 1. The molecule has 2 aromatic rings. The second-order valence-electron chi connectivity index (χ2n) is 6.41. The molecule has 1 aliphatic heterocycles. The summed E-state index contributed by atoms with van der Waals surface area (Å²) >= 11 is 0. The standard InChI is InChI=1S/C21H22FNO5/c1-3-27-18-10-13-7-8-23(12-15(13)11-19(18)28-4-2)20(24)16-6-5-14(21(25)26)9-17(16)22/h5-6,9-11H,3-4,7-8,12H2,1-2H3,(H,25,26). The van der Waals surface area contributed by atoms with E-state index in [0.717, 1.165) is 17.2 Å². The van der Waals surface area contributed by atoms with Gasteiger partial charge >= 0.3 is 5.97 Å². The maximum absolute atomic E-state index is 14.3. The van der Waals surface area contributed by atoms with Crippen molar-refractivity contribution >= 4 is 11.9 Å². The third kappa shape index (κ3) is 3.93. The number of benzene rings is 2. The highest BCUT2D eigenvalue weighted by molar-refractivity contribution is 5.96. The van der Waals surface area contributed by atoms with Crippen LogP contribution in [0.25, 0.3) is 0 Å². The van der Waals surface area contributed by atoms with Gasteiger partial charge in [0.25, 0.3) is 5.91 Å². The van der Waals surface area contributed by atoms with Gasteiger partial charge in [0.15, 0.2) is 11.5 Å². The van der Waals surface area contributed by atoms with E-state index in [1.807, 2.05) is 26.0 Å². The van der Waals surface area contributed by atoms with E-state index in [0.29, 0.717) is 44.2 Å². The molecule has 0 aromatic heterocycles. The molecule has 7 heteroatoms. The van der Waals surface area contributed by atoms with Gasteiger partial charge in [-0.1, -0.05) is 0 Å². The fourth-order valence-corrected chi connectivity index (χ4v) is 3.27. The van der Waals surface area contributed by atoms with Crippen LogP contribution in [0.5, 0.6) is 11.5 Å². The zero-order valence-electron chi connectivity index (χ0n) is 15.8. The first kappa shape index (κ1) is 19.7. The van der Waals surface area contributed by atoms with E-state index in [4.69, 9.17) is 14.6 Å². The van der Waals surface area contributed by atoms with Gasteiger partial charge in [-0.05, 0) is 61.7 Å². The third-order valence-corrected chi connectivity index (χ3v) is 4.61. The number of fused-ring (bicyclic) bond motifs is 1. The van der Waals surface area contributed by atoms with Crippen LogP contribution in [0.1, 0.15) is 45.7 Å². The minimum absolute atomic E-state index is 0.135. The smallest absolute Gasteiger partial charge is 0.335 e. The lowest BCUT2D eigenvalue weighted by Gasteiger charge is -2.30. The average molecular weight is 387 g/mol. The molecular formula is C21H22FNO5. The molecule has 28 heavy (non-hydrogen) atoms. The first-order valence-corrected chi connectivity index (χ1v) is 9.18. The van der Waals surface area contributed by atoms with E-state index in [9.17, 15) is 14.0 Å². The van der Waals surface area contributed by atoms with Crippen molar-refractivity contribution in [2.75, 3.05) is 19.8 Å². The van der Waals surface area contributed by atoms with Crippen molar-refractivity contribution < 1.29 is 28.6 Å². The SMILES string of the molecule is CCOc1cc2c(cc1OCC)CN(C(=O)c1ccc(C(=O)O)cc1F)CC2. The third-order valence-electron chi connectivity index (χ3n) is 4.61. The van der Waals surface area contributed by atoms with Crippen LogP contribution in [-0.4, -0.2) is 41.6 Å². The van der Waals surface area contributed by atoms with E-state index in [2.05, 4.69) is 0 Å². The highest BCUT2D eigenvalue weighted by atomic mass is 19.1. The van der Waals surface area contributed by atoms with E-state index in [1.54, 1.807) is 4.90 Å². The molecule has 1 heterocycles. The first-order valence-electron chi connectivity index (χ1n) is 9.18. The number of carboxylic acid groups (broad SMARTS) is 1. The second kappa shape index (κ2) is 8.29. The summed E-state index contributed by atoms with van der Waals surface area (Å²) in [6.07, 6.45) is 0.613. The van der Waals surface area contributed by atoms with Crippen molar-refractivity contribution in [3.05, 3.63) is 58.4 Å². The lowest BCUT2D eigenvalue weighted by atomic mass is 9.98. The summed E-state index contributed by atoms with van der Waals surface area (Å²) in [6, 6.07) is 7.13. The fraction of sp³-hybridized carbons (Fsp3) is 0.333. The molecule has 2 aromatic carbocycles. The van der Waals surface area contributed by atoms with E-state index < -0.39 is 17.7 Å². The van der Waals surface area contributed by atoms with Crippen LogP contribution >= 0.6 is 0 Å². The van der Waals surface area contributed by atoms with Crippen molar-refractivity contribution in [3.8, 4) is 11.5 Å². The normalized spacial score (nSPS) is 13.0. The van der Waals surface area contributed by atoms with Crippen LogP contribution in [0.4, 0.5) is 4.39 Å². The Morgan fingerprint density at radius 2 is 1.71 bits per heavy atom. The number of aromatic carboxylic acids is 1. The Balaban J connectivity index is 1.85. The maximum Gasteiger partial charge on any atom is 0.335 e. The van der Waals surface area contributed by atoms with Crippen LogP contribution in [0.2, 0.25) is 0 Å². The zero-order chi connectivity index (χ0) is 20.3. The Morgan fingerprint density at radius 3 is 2.29 bits per heavy atom. The summed E-state index contributed by atoms with van der Waals surface area (Å²) in [5.74, 6) is -1.24. The molecule has 6 nitrogen and oxygen atoms in total. The first-order chi connectivity index (χ1) is 13.4. The Hall–Kier alpha value is -3.09. The Labute approximate surface area is 162 Å². The van der Waals surface area contributed by atoms with Crippen molar-refractivity contribution in [2.24, 2.45) is 0 Å². The van der Waals surface area contributed by atoms with Crippen molar-refractivity contribution in [1.82, 2.24) is 4.90 Å². The van der Waals surface area contributed by atoms with Crippen LogP contribution in [-0.2, 0) is 13.0 Å². The van der Waals surface area contributed by atoms with Crippen LogP contribution in [0, 0.1) is 5.82 Å². The van der Waals surface area contributed by atoms with Crippen LogP contribution in [0.15, 0.2) is 30.3 Å². The zero-order valence-corrected chi connectivity index (χ0v) is 15.8. The number of halogens is 1. The summed E-state index contributed by atoms with van der Waals surface area (Å²) in [5.41, 5.74) is 1.67. The van der Waals surface area contributed by atoms with Gasteiger partial charge in [-0.25, -0.2) is 9.18 Å². The molecule has 0 unspecified atom stereocenters. The topological polar surface area (TPSA) is 76.1 Å². The van der Waals surface area contributed by atoms with Gasteiger partial charge in [-0.3, -0.25) is 4.79 Å². The lowest BCUT2D eigenvalue weighted by molar-refractivity contribution is 0.0690. The van der Waals surface area contributed by atoms with Gasteiger partial charge in [0.05, 0.1) is 24.3 Å². The minimum atomic E-state index is -1.24. The molecule has 0 atom stereocenters. The van der Waals surface area contributed by atoms with Crippen molar-refractivity contribution in [2.45, 2.75) is 26.8 Å². The number of hydrogen-bond acceptors (Lipinski definition) is 4. The van der Waals surface area contributed by atoms with Gasteiger partial charge < -0.3 is 19.5 Å². The summed E-state index contributed by atoms with van der Waals surface area (Å²) in [7, 11) is 0. The maximum atomic E-state index is 14.3. The van der Waals surface area contributed by atoms with E-state index in [1.165, 1.54) is 12.1 Å². The minimum Gasteiger partial charge on any atom is -0.490 e. The predicted octanol–water partition coefficient (Wildman–Crippen LogP) is 3.52. The molecule has 0 bridgehead atoms. The molecule has 0 aliphatic carbocycles. The van der Waals surface area contributed by atoms with Crippen LogP contribution < -0.4 is 9.47 Å². The summed E-state index contributed by atoms with van der Waals surface area (Å²) in [6.45, 7) is 5.55. The number of carbonyl (C=O) groups excluding carboxylic acids is 1. The van der Waals surface area contributed by atoms with Gasteiger partial charge in [-0.15, -0.1) is 0 Å².